The van der Waals surface area contributed by atoms with Gasteiger partial charge in [0.2, 0.25) is 9.04 Å². The van der Waals surface area contributed by atoms with Crippen molar-refractivity contribution in [2.75, 3.05) is 7.11 Å². The van der Waals surface area contributed by atoms with E-state index in [1.807, 2.05) is 0 Å². The maximum Gasteiger partial charge on any atom is 0.210 e. The van der Waals surface area contributed by atoms with Crippen LogP contribution in [0.1, 0.15) is 13.8 Å². The van der Waals surface area contributed by atoms with Gasteiger partial charge in [0, 0.05) is 7.11 Å². The van der Waals surface area contributed by atoms with Crippen molar-refractivity contribution in [3.8, 4) is 0 Å². The van der Waals surface area contributed by atoms with E-state index in [9.17, 15) is 0 Å². The molecule has 0 unspecified atom stereocenters. The summed E-state index contributed by atoms with van der Waals surface area (Å²) in [5, 5.41) is 0. The highest BCUT2D eigenvalue weighted by Gasteiger charge is 2.01. The average Bonchev–Trinajstić information content (AvgIpc) is 1.72. The number of hydrogen-bond donors (Lipinski definition) is 0. The second kappa shape index (κ2) is 4.34. The Bertz CT molecular complexity index is 29.6. The van der Waals surface area contributed by atoms with E-state index in [0.29, 0.717) is 0 Å². The van der Waals surface area contributed by atoms with Crippen molar-refractivity contribution >= 4 is 9.04 Å². The molecule has 0 amide bonds. The van der Waals surface area contributed by atoms with Crippen LogP contribution >= 0.6 is 0 Å². The van der Waals surface area contributed by atoms with Crippen molar-refractivity contribution < 1.29 is 4.43 Å². The van der Waals surface area contributed by atoms with E-state index in [4.69, 9.17) is 4.43 Å². The van der Waals surface area contributed by atoms with E-state index >= 15 is 0 Å². The predicted molar refractivity (Wildman–Crippen MR) is 33.7 cm³/mol. The van der Waals surface area contributed by atoms with E-state index in [0.717, 1.165) is 0 Å². The highest BCUT2D eigenvalue weighted by atomic mass is 28.3. The Morgan fingerprint density at radius 1 is 1.29 bits per heavy atom. The molecule has 43 valence electrons. The van der Waals surface area contributed by atoms with Gasteiger partial charge in [0.1, 0.15) is 0 Å². The molecule has 0 fully saturated rings. The average molecular weight is 117 g/mol. The summed E-state index contributed by atoms with van der Waals surface area (Å²) in [5.74, 6) is 0. The maximum atomic E-state index is 5.15. The Kier molecular flexibility index (Phi) is 4.45. The normalized spacial score (nSPS) is 10.3. The highest BCUT2D eigenvalue weighted by Crippen LogP contribution is 1.95. The Morgan fingerprint density at radius 3 is 1.71 bits per heavy atom. The molecule has 0 aromatic heterocycles. The monoisotopic (exact) mass is 117 g/mol. The molecule has 1 radical (unpaired) electrons. The first-order valence-electron chi connectivity index (χ1n) is 2.73. The van der Waals surface area contributed by atoms with Crippen LogP contribution in [-0.4, -0.2) is 16.2 Å². The van der Waals surface area contributed by atoms with Gasteiger partial charge in [-0.1, -0.05) is 13.8 Å². The lowest BCUT2D eigenvalue weighted by Gasteiger charge is -2.03. The molecule has 0 saturated heterocycles. The quantitative estimate of drug-likeness (QED) is 0.511. The second-order valence-electron chi connectivity index (χ2n) is 1.45. The van der Waals surface area contributed by atoms with Crippen LogP contribution in [0.4, 0.5) is 0 Å². The lowest BCUT2D eigenvalue weighted by atomic mass is 11.0. The minimum absolute atomic E-state index is 0.363. The van der Waals surface area contributed by atoms with Gasteiger partial charge in [0.05, 0.1) is 0 Å². The van der Waals surface area contributed by atoms with Crippen molar-refractivity contribution in [2.45, 2.75) is 25.9 Å². The first-order valence-corrected chi connectivity index (χ1v) is 4.56. The predicted octanol–water partition coefficient (Wildman–Crippen LogP) is 1.66. The summed E-state index contributed by atoms with van der Waals surface area (Å²) in [5.41, 5.74) is 0. The van der Waals surface area contributed by atoms with Gasteiger partial charge in [-0.2, -0.15) is 0 Å². The van der Waals surface area contributed by atoms with Crippen LogP contribution in [0, 0.1) is 0 Å². The molecule has 0 aliphatic rings. The van der Waals surface area contributed by atoms with E-state index in [1.165, 1.54) is 12.1 Å². The summed E-state index contributed by atoms with van der Waals surface area (Å²) >= 11 is 0. The molecule has 0 bridgehead atoms. The zero-order valence-corrected chi connectivity index (χ0v) is 6.32. The summed E-state index contributed by atoms with van der Waals surface area (Å²) in [4.78, 5) is 0. The zero-order valence-electron chi connectivity index (χ0n) is 5.32. The highest BCUT2D eigenvalue weighted by molar-refractivity contribution is 6.51. The van der Waals surface area contributed by atoms with E-state index < -0.39 is 0 Å². The van der Waals surface area contributed by atoms with Gasteiger partial charge in [-0.15, -0.1) is 0 Å². The summed E-state index contributed by atoms with van der Waals surface area (Å²) in [7, 11) is 1.44. The van der Waals surface area contributed by atoms with Crippen LogP contribution in [0.15, 0.2) is 0 Å². The smallest absolute Gasteiger partial charge is 0.210 e. The minimum Gasteiger partial charge on any atom is -0.420 e. The van der Waals surface area contributed by atoms with Gasteiger partial charge in [-0.25, -0.2) is 0 Å². The van der Waals surface area contributed by atoms with Gasteiger partial charge < -0.3 is 4.43 Å². The topological polar surface area (TPSA) is 9.23 Å². The summed E-state index contributed by atoms with van der Waals surface area (Å²) in [6.07, 6.45) is 0. The van der Waals surface area contributed by atoms with E-state index in [2.05, 4.69) is 13.8 Å². The Hall–Kier alpha value is 0.177. The lowest BCUT2D eigenvalue weighted by Crippen LogP contribution is -2.11. The SMILES string of the molecule is CC[Si](CC)OC. The van der Waals surface area contributed by atoms with Crippen LogP contribution in [0.25, 0.3) is 0 Å². The van der Waals surface area contributed by atoms with Gasteiger partial charge in [0.15, 0.2) is 0 Å². The van der Waals surface area contributed by atoms with Crippen molar-refractivity contribution in [1.82, 2.24) is 0 Å². The van der Waals surface area contributed by atoms with Crippen molar-refractivity contribution in [2.24, 2.45) is 0 Å². The van der Waals surface area contributed by atoms with Crippen LogP contribution in [0.3, 0.4) is 0 Å². The maximum absolute atomic E-state index is 5.15. The molecule has 0 aromatic rings. The fraction of sp³-hybridized carbons (Fsp3) is 1.00. The van der Waals surface area contributed by atoms with Gasteiger partial charge in [-0.3, -0.25) is 0 Å². The molecule has 0 rings (SSSR count). The third-order valence-corrected chi connectivity index (χ3v) is 3.23. The molecular weight excluding hydrogens is 104 g/mol. The van der Waals surface area contributed by atoms with Crippen LogP contribution in [0.2, 0.25) is 12.1 Å². The van der Waals surface area contributed by atoms with Crippen LogP contribution in [0.5, 0.6) is 0 Å². The number of hydrogen-bond acceptors (Lipinski definition) is 1. The third-order valence-electron chi connectivity index (χ3n) is 1.08. The molecule has 0 N–H and O–H groups in total. The molecule has 1 nitrogen and oxygen atoms in total. The third kappa shape index (κ3) is 2.82. The van der Waals surface area contributed by atoms with Gasteiger partial charge in [0.25, 0.3) is 0 Å². The summed E-state index contributed by atoms with van der Waals surface area (Å²) in [6.45, 7) is 4.36. The molecule has 0 aliphatic carbocycles. The molecule has 0 atom stereocenters. The molecule has 0 aliphatic heterocycles. The molecular formula is C5H13OSi. The first-order chi connectivity index (χ1) is 3.35. The van der Waals surface area contributed by atoms with Crippen LogP contribution < -0.4 is 0 Å². The Balaban J connectivity index is 2.99. The van der Waals surface area contributed by atoms with Gasteiger partial charge >= 0.3 is 0 Å². The molecule has 0 aromatic carbocycles. The fourth-order valence-electron chi connectivity index (χ4n) is 0.539. The lowest BCUT2D eigenvalue weighted by molar-refractivity contribution is 0.420. The Morgan fingerprint density at radius 2 is 1.71 bits per heavy atom. The first kappa shape index (κ1) is 7.18. The molecule has 7 heavy (non-hydrogen) atoms. The molecule has 2 heteroatoms. The molecule has 0 heterocycles. The largest absolute Gasteiger partial charge is 0.420 e. The van der Waals surface area contributed by atoms with E-state index in [-0.39, 0.29) is 9.04 Å². The van der Waals surface area contributed by atoms with Crippen molar-refractivity contribution in [3.05, 3.63) is 0 Å². The number of rotatable bonds is 3. The second-order valence-corrected chi connectivity index (χ2v) is 4.35. The van der Waals surface area contributed by atoms with Crippen LogP contribution in [-0.2, 0) is 4.43 Å². The molecule has 0 saturated carbocycles. The summed E-state index contributed by atoms with van der Waals surface area (Å²) in [6, 6.07) is 2.47. The minimum atomic E-state index is -0.363. The van der Waals surface area contributed by atoms with Crippen molar-refractivity contribution in [1.29, 1.82) is 0 Å². The van der Waals surface area contributed by atoms with Crippen molar-refractivity contribution in [3.63, 3.8) is 0 Å². The molecule has 0 spiro atoms. The standard InChI is InChI=1S/C5H13OSi/c1-4-7(5-2)6-3/h4-5H2,1-3H3. The van der Waals surface area contributed by atoms with Gasteiger partial charge in [-0.05, 0) is 12.1 Å². The zero-order chi connectivity index (χ0) is 5.70. The fourth-order valence-corrected chi connectivity index (χ4v) is 1.62. The van der Waals surface area contributed by atoms with E-state index in [1.54, 1.807) is 7.11 Å². The summed E-state index contributed by atoms with van der Waals surface area (Å²) < 4.78 is 5.15. The Labute approximate surface area is 47.4 Å².